The second kappa shape index (κ2) is 6.93. The van der Waals surface area contributed by atoms with Crippen molar-refractivity contribution in [3.05, 3.63) is 34.9 Å². The summed E-state index contributed by atoms with van der Waals surface area (Å²) in [5.41, 5.74) is 0.464. The van der Waals surface area contributed by atoms with E-state index in [4.69, 9.17) is 16.7 Å². The molecule has 1 amide bonds. The summed E-state index contributed by atoms with van der Waals surface area (Å²) in [6, 6.07) is 5.70. The summed E-state index contributed by atoms with van der Waals surface area (Å²) in [5.74, 6) is -1.26. The highest BCUT2D eigenvalue weighted by molar-refractivity contribution is 7.91. The summed E-state index contributed by atoms with van der Waals surface area (Å²) in [5, 5.41) is 9.40. The topological polar surface area (TPSA) is 95.0 Å². The molecule has 7 nitrogen and oxygen atoms in total. The van der Waals surface area contributed by atoms with Crippen LogP contribution in [0.5, 0.6) is 0 Å². The lowest BCUT2D eigenvalue weighted by Crippen LogP contribution is -2.60. The number of carbonyl (C=O) groups excluding carboxylic acids is 1. The first kappa shape index (κ1) is 18.2. The Morgan fingerprint density at radius 3 is 2.40 bits per heavy atom. The van der Waals surface area contributed by atoms with Crippen molar-refractivity contribution in [3.8, 4) is 0 Å². The molecule has 3 rings (SSSR count). The Morgan fingerprint density at radius 2 is 1.76 bits per heavy atom. The summed E-state index contributed by atoms with van der Waals surface area (Å²) < 4.78 is 24.3. The molecule has 2 aliphatic heterocycles. The lowest BCUT2D eigenvalue weighted by molar-refractivity contribution is -0.137. The second-order valence-corrected chi connectivity index (χ2v) is 8.99. The summed E-state index contributed by atoms with van der Waals surface area (Å²) in [6.07, 6.45) is -0.0472. The number of piperazine rings is 1. The number of benzene rings is 1. The molecule has 136 valence electrons. The molecule has 0 bridgehead atoms. The number of hydrogen-bond donors (Lipinski definition) is 1. The van der Waals surface area contributed by atoms with Crippen molar-refractivity contribution in [2.45, 2.75) is 18.5 Å². The molecule has 25 heavy (non-hydrogen) atoms. The smallest absolute Gasteiger partial charge is 0.304 e. The zero-order chi connectivity index (χ0) is 18.2. The maximum atomic E-state index is 12.8. The van der Waals surface area contributed by atoms with Gasteiger partial charge in [0.05, 0.1) is 24.0 Å². The van der Waals surface area contributed by atoms with E-state index in [9.17, 15) is 18.0 Å². The SMILES string of the molecule is O=C(O)CCN1CCN(C(=O)c2ccc(Cl)cc2)[C@@H]2CS(=O)(=O)C[C@@H]21. The number of fused-ring (bicyclic) bond motifs is 1. The Hall–Kier alpha value is -1.64. The van der Waals surface area contributed by atoms with E-state index in [0.29, 0.717) is 23.7 Å². The van der Waals surface area contributed by atoms with Crippen molar-refractivity contribution in [1.29, 1.82) is 0 Å². The Balaban J connectivity index is 1.81. The summed E-state index contributed by atoms with van der Waals surface area (Å²) in [6.45, 7) is 1.12. The van der Waals surface area contributed by atoms with E-state index in [2.05, 4.69) is 0 Å². The van der Waals surface area contributed by atoms with Crippen LogP contribution in [0, 0.1) is 0 Å². The number of aliphatic carboxylic acids is 1. The lowest BCUT2D eigenvalue weighted by atomic mass is 10.0. The quantitative estimate of drug-likeness (QED) is 0.820. The van der Waals surface area contributed by atoms with Crippen LogP contribution in [0.3, 0.4) is 0 Å². The molecule has 0 aliphatic carbocycles. The van der Waals surface area contributed by atoms with E-state index in [1.54, 1.807) is 29.2 Å². The van der Waals surface area contributed by atoms with Gasteiger partial charge in [0.25, 0.3) is 5.91 Å². The normalized spacial score (nSPS) is 25.6. The maximum Gasteiger partial charge on any atom is 0.304 e. The van der Waals surface area contributed by atoms with Crippen LogP contribution in [0.15, 0.2) is 24.3 Å². The Bertz CT molecular complexity index is 780. The van der Waals surface area contributed by atoms with Gasteiger partial charge in [0, 0.05) is 36.3 Å². The molecule has 2 saturated heterocycles. The van der Waals surface area contributed by atoms with Gasteiger partial charge in [-0.2, -0.15) is 0 Å². The van der Waals surface area contributed by atoms with E-state index < -0.39 is 21.8 Å². The second-order valence-electron chi connectivity index (χ2n) is 6.40. The zero-order valence-corrected chi connectivity index (χ0v) is 15.0. The molecular weight excluding hydrogens is 368 g/mol. The predicted octanol–water partition coefficient (Wildman–Crippen LogP) is 0.738. The molecule has 0 saturated carbocycles. The van der Waals surface area contributed by atoms with Gasteiger partial charge in [0.1, 0.15) is 0 Å². The Morgan fingerprint density at radius 1 is 1.12 bits per heavy atom. The highest BCUT2D eigenvalue weighted by atomic mass is 35.5. The van der Waals surface area contributed by atoms with Crippen molar-refractivity contribution < 1.29 is 23.1 Å². The van der Waals surface area contributed by atoms with Gasteiger partial charge in [-0.3, -0.25) is 14.5 Å². The van der Waals surface area contributed by atoms with E-state index in [1.807, 2.05) is 4.90 Å². The minimum atomic E-state index is -3.26. The van der Waals surface area contributed by atoms with Gasteiger partial charge in [-0.05, 0) is 24.3 Å². The Kier molecular flexibility index (Phi) is 5.04. The summed E-state index contributed by atoms with van der Waals surface area (Å²) in [7, 11) is -3.26. The molecule has 1 aromatic rings. The van der Waals surface area contributed by atoms with Gasteiger partial charge < -0.3 is 10.0 Å². The van der Waals surface area contributed by atoms with Gasteiger partial charge in [0.2, 0.25) is 0 Å². The average Bonchev–Trinajstić information content (AvgIpc) is 2.87. The van der Waals surface area contributed by atoms with Crippen molar-refractivity contribution in [2.75, 3.05) is 31.1 Å². The molecule has 2 atom stereocenters. The molecule has 0 spiro atoms. The molecule has 2 fully saturated rings. The third-order valence-corrected chi connectivity index (χ3v) is 6.71. The first-order chi connectivity index (χ1) is 11.8. The number of amides is 1. The van der Waals surface area contributed by atoms with E-state index in [-0.39, 0.29) is 36.4 Å². The minimum absolute atomic E-state index is 0.0400. The van der Waals surface area contributed by atoms with Crippen LogP contribution in [0.4, 0.5) is 0 Å². The molecule has 0 unspecified atom stereocenters. The Labute approximate surface area is 151 Å². The average molecular weight is 387 g/mol. The van der Waals surface area contributed by atoms with Gasteiger partial charge >= 0.3 is 5.97 Å². The first-order valence-corrected chi connectivity index (χ1v) is 10.2. The molecule has 9 heteroatoms. The van der Waals surface area contributed by atoms with Crippen LogP contribution in [0.1, 0.15) is 16.8 Å². The van der Waals surface area contributed by atoms with Crippen LogP contribution >= 0.6 is 11.6 Å². The standard InChI is InChI=1S/C16H19ClN2O5S/c17-12-3-1-11(2-4-12)16(22)19-8-7-18(6-5-15(20)21)13-9-25(23,24)10-14(13)19/h1-4,13-14H,5-10H2,(H,20,21)/t13-,14+/m0/s1. The number of sulfone groups is 1. The lowest BCUT2D eigenvalue weighted by Gasteiger charge is -2.43. The minimum Gasteiger partial charge on any atom is -0.481 e. The molecule has 1 N–H and O–H groups in total. The van der Waals surface area contributed by atoms with Crippen molar-refractivity contribution in [3.63, 3.8) is 0 Å². The number of nitrogens with zero attached hydrogens (tertiary/aromatic N) is 2. The fourth-order valence-corrected chi connectivity index (χ4v) is 5.69. The number of rotatable bonds is 4. The molecule has 2 heterocycles. The number of carboxylic acids is 1. The maximum absolute atomic E-state index is 12.8. The third kappa shape index (κ3) is 3.96. The fourth-order valence-electron chi connectivity index (χ4n) is 3.55. The van der Waals surface area contributed by atoms with Crippen LogP contribution in [0.2, 0.25) is 5.02 Å². The van der Waals surface area contributed by atoms with Crippen LogP contribution in [-0.4, -0.2) is 78.4 Å². The number of hydrogen-bond acceptors (Lipinski definition) is 5. The van der Waals surface area contributed by atoms with Gasteiger partial charge in [0.15, 0.2) is 9.84 Å². The summed E-state index contributed by atoms with van der Waals surface area (Å²) >= 11 is 5.85. The van der Waals surface area contributed by atoms with Crippen LogP contribution < -0.4 is 0 Å². The third-order valence-electron chi connectivity index (χ3n) is 4.76. The number of halogens is 1. The van der Waals surface area contributed by atoms with Crippen molar-refractivity contribution >= 4 is 33.3 Å². The number of carbonyl (C=O) groups is 2. The van der Waals surface area contributed by atoms with Crippen LogP contribution in [-0.2, 0) is 14.6 Å². The zero-order valence-electron chi connectivity index (χ0n) is 13.5. The highest BCUT2D eigenvalue weighted by Gasteiger charge is 2.47. The molecule has 2 aliphatic rings. The van der Waals surface area contributed by atoms with Crippen molar-refractivity contribution in [1.82, 2.24) is 9.80 Å². The largest absolute Gasteiger partial charge is 0.481 e. The molecule has 0 aromatic heterocycles. The van der Waals surface area contributed by atoms with Gasteiger partial charge in [-0.25, -0.2) is 8.42 Å². The van der Waals surface area contributed by atoms with E-state index in [0.717, 1.165) is 0 Å². The highest BCUT2D eigenvalue weighted by Crippen LogP contribution is 2.28. The molecular formula is C16H19ClN2O5S. The monoisotopic (exact) mass is 386 g/mol. The van der Waals surface area contributed by atoms with E-state index in [1.165, 1.54) is 0 Å². The fraction of sp³-hybridized carbons (Fsp3) is 0.500. The predicted molar refractivity (Wildman–Crippen MR) is 92.5 cm³/mol. The van der Waals surface area contributed by atoms with Gasteiger partial charge in [-0.1, -0.05) is 11.6 Å². The summed E-state index contributed by atoms with van der Waals surface area (Å²) in [4.78, 5) is 27.1. The van der Waals surface area contributed by atoms with Crippen LogP contribution in [0.25, 0.3) is 0 Å². The van der Waals surface area contributed by atoms with Gasteiger partial charge in [-0.15, -0.1) is 0 Å². The number of carboxylic acid groups (broad SMARTS) is 1. The van der Waals surface area contributed by atoms with E-state index >= 15 is 0 Å². The van der Waals surface area contributed by atoms with Crippen molar-refractivity contribution in [2.24, 2.45) is 0 Å². The first-order valence-electron chi connectivity index (χ1n) is 7.99. The molecule has 0 radical (unpaired) electrons. The molecule has 1 aromatic carbocycles.